The van der Waals surface area contributed by atoms with Crippen molar-refractivity contribution in [1.82, 2.24) is 15.6 Å². The fraction of sp³-hybridized carbons (Fsp3) is 0.242. The first-order chi connectivity index (χ1) is 21.3. The maximum atomic E-state index is 15.2. The maximum absolute atomic E-state index is 15.2. The number of nitrogens with one attached hydrogen (secondary N) is 3. The van der Waals surface area contributed by atoms with Gasteiger partial charge in [-0.3, -0.25) is 14.6 Å². The number of ether oxygens (including phenoxy) is 3. The Morgan fingerprint density at radius 3 is 2.38 bits per heavy atom. The lowest BCUT2D eigenvalue weighted by Crippen LogP contribution is -2.42. The van der Waals surface area contributed by atoms with Crippen LogP contribution >= 0.6 is 12.2 Å². The van der Waals surface area contributed by atoms with E-state index in [1.54, 1.807) is 26.8 Å². The summed E-state index contributed by atoms with van der Waals surface area (Å²) in [4.78, 5) is 42.2. The number of hydrogen-bond donors (Lipinski definition) is 3. The average molecular weight is 633 g/mol. The van der Waals surface area contributed by atoms with Crippen LogP contribution in [-0.2, 0) is 20.7 Å². The van der Waals surface area contributed by atoms with E-state index in [1.807, 2.05) is 30.3 Å². The highest BCUT2D eigenvalue weighted by Crippen LogP contribution is 2.34. The van der Waals surface area contributed by atoms with E-state index in [9.17, 15) is 14.4 Å². The molecule has 1 aromatic heterocycles. The van der Waals surface area contributed by atoms with E-state index in [2.05, 4.69) is 20.9 Å². The molecule has 0 spiro atoms. The van der Waals surface area contributed by atoms with Crippen LogP contribution in [0.4, 0.5) is 10.1 Å². The van der Waals surface area contributed by atoms with E-state index in [0.29, 0.717) is 16.6 Å². The molecule has 0 aliphatic rings. The molecule has 0 saturated heterocycles. The van der Waals surface area contributed by atoms with Crippen molar-refractivity contribution in [2.45, 2.75) is 45.8 Å². The molecule has 4 rings (SSSR count). The first-order valence-electron chi connectivity index (χ1n) is 14.0. The molecule has 1 unspecified atom stereocenters. The summed E-state index contributed by atoms with van der Waals surface area (Å²) < 4.78 is 31.8. The van der Waals surface area contributed by atoms with E-state index in [0.717, 1.165) is 5.56 Å². The van der Waals surface area contributed by atoms with Gasteiger partial charge in [-0.15, -0.1) is 0 Å². The number of methoxy groups -OCH3 is 1. The molecule has 0 saturated carbocycles. The van der Waals surface area contributed by atoms with Gasteiger partial charge in [0.15, 0.2) is 16.7 Å². The van der Waals surface area contributed by atoms with Gasteiger partial charge < -0.3 is 30.2 Å². The van der Waals surface area contributed by atoms with Gasteiger partial charge in [0.25, 0.3) is 5.91 Å². The Balaban J connectivity index is 1.49. The summed E-state index contributed by atoms with van der Waals surface area (Å²) in [6, 6.07) is 16.9. The van der Waals surface area contributed by atoms with Gasteiger partial charge in [0, 0.05) is 29.4 Å². The number of anilines is 1. The summed E-state index contributed by atoms with van der Waals surface area (Å²) in [5, 5.41) is 8.41. The minimum absolute atomic E-state index is 0.0184. The molecule has 4 aromatic rings. The van der Waals surface area contributed by atoms with Gasteiger partial charge in [0.05, 0.1) is 24.6 Å². The largest absolute Gasteiger partial charge is 0.496 e. The van der Waals surface area contributed by atoms with Gasteiger partial charge in [0.2, 0.25) is 5.91 Å². The van der Waals surface area contributed by atoms with E-state index in [-0.39, 0.29) is 40.3 Å². The number of fused-ring (bicyclic) bond motifs is 1. The molecule has 1 atom stereocenters. The molecular weight excluding hydrogens is 599 g/mol. The van der Waals surface area contributed by atoms with Crippen LogP contribution in [0, 0.1) is 5.82 Å². The van der Waals surface area contributed by atoms with E-state index in [1.165, 1.54) is 50.6 Å². The zero-order chi connectivity index (χ0) is 32.7. The fourth-order valence-corrected chi connectivity index (χ4v) is 4.43. The van der Waals surface area contributed by atoms with Crippen LogP contribution in [0.5, 0.6) is 17.2 Å². The van der Waals surface area contributed by atoms with Crippen LogP contribution in [0.2, 0.25) is 0 Å². The highest BCUT2D eigenvalue weighted by Gasteiger charge is 2.25. The molecule has 0 aliphatic carbocycles. The highest BCUT2D eigenvalue weighted by molar-refractivity contribution is 7.80. The van der Waals surface area contributed by atoms with Crippen molar-refractivity contribution in [3.8, 4) is 17.2 Å². The van der Waals surface area contributed by atoms with Gasteiger partial charge in [-0.2, -0.15) is 0 Å². The Bertz CT molecular complexity index is 1740. The molecule has 12 heteroatoms. The number of amides is 2. The molecular formula is C33H33FN4O6S. The molecule has 1 heterocycles. The monoisotopic (exact) mass is 632 g/mol. The van der Waals surface area contributed by atoms with E-state index < -0.39 is 29.3 Å². The number of pyridine rings is 1. The van der Waals surface area contributed by atoms with Crippen LogP contribution in [0.25, 0.3) is 10.9 Å². The molecule has 0 bridgehead atoms. The predicted octanol–water partition coefficient (Wildman–Crippen LogP) is 5.69. The first kappa shape index (κ1) is 32.8. The molecule has 3 N–H and O–H groups in total. The molecule has 3 aromatic carbocycles. The maximum Gasteiger partial charge on any atom is 0.328 e. The van der Waals surface area contributed by atoms with Gasteiger partial charge in [-0.1, -0.05) is 30.3 Å². The standard InChI is InChI=1S/C33H33FN4O6S/c1-19(31(41)44-33(2,3)4)36-30(40)23-17-22-25(18-28(23)42-5)35-14-13-26(22)43-27-12-11-21(16-24(27)34)37-32(45)38-29(39)15-20-9-7-6-8-10-20/h6-14,16-19H,15H2,1-5H3,(H,36,40)(H2,37,38,39,45). The molecule has 0 aliphatic heterocycles. The van der Waals surface area contributed by atoms with E-state index >= 15 is 4.39 Å². The third kappa shape index (κ3) is 8.96. The van der Waals surface area contributed by atoms with Crippen molar-refractivity contribution in [2.24, 2.45) is 0 Å². The van der Waals surface area contributed by atoms with Crippen molar-refractivity contribution in [3.05, 3.63) is 89.9 Å². The summed E-state index contributed by atoms with van der Waals surface area (Å²) in [5.74, 6) is -1.86. The SMILES string of the molecule is COc1cc2nccc(Oc3ccc(NC(=S)NC(=O)Cc4ccccc4)cc3F)c2cc1C(=O)NC(C)C(=O)OC(C)(C)C. The zero-order valence-corrected chi connectivity index (χ0v) is 26.2. The van der Waals surface area contributed by atoms with Crippen molar-refractivity contribution < 1.29 is 33.0 Å². The molecule has 234 valence electrons. The van der Waals surface area contributed by atoms with Crippen LogP contribution in [0.1, 0.15) is 43.6 Å². The molecule has 2 amide bonds. The van der Waals surface area contributed by atoms with Crippen LogP contribution < -0.4 is 25.4 Å². The lowest BCUT2D eigenvalue weighted by atomic mass is 10.1. The first-order valence-corrected chi connectivity index (χ1v) is 14.4. The van der Waals surface area contributed by atoms with E-state index in [4.69, 9.17) is 26.4 Å². The number of rotatable bonds is 9. The number of carbonyl (C=O) groups excluding carboxylic acids is 3. The lowest BCUT2D eigenvalue weighted by molar-refractivity contribution is -0.156. The number of thiocarbonyl (C=S) groups is 1. The second-order valence-corrected chi connectivity index (χ2v) is 11.4. The Morgan fingerprint density at radius 1 is 0.978 bits per heavy atom. The summed E-state index contributed by atoms with van der Waals surface area (Å²) >= 11 is 5.21. The number of halogens is 1. The summed E-state index contributed by atoms with van der Waals surface area (Å²) in [6.45, 7) is 6.71. The summed E-state index contributed by atoms with van der Waals surface area (Å²) in [5.41, 5.74) is 0.947. The molecule has 10 nitrogen and oxygen atoms in total. The Kier molecular flexibility index (Phi) is 10.3. The van der Waals surface area contributed by atoms with Crippen molar-refractivity contribution >= 4 is 51.7 Å². The number of nitrogens with zero attached hydrogens (tertiary/aromatic N) is 1. The molecule has 0 fully saturated rings. The number of carbonyl (C=O) groups is 3. The summed E-state index contributed by atoms with van der Waals surface area (Å²) in [6.07, 6.45) is 1.62. The molecule has 45 heavy (non-hydrogen) atoms. The number of esters is 1. The van der Waals surface area contributed by atoms with Crippen molar-refractivity contribution in [1.29, 1.82) is 0 Å². The van der Waals surface area contributed by atoms with Crippen LogP contribution in [0.3, 0.4) is 0 Å². The third-order valence-corrected chi connectivity index (χ3v) is 6.45. The number of hydrogen-bond acceptors (Lipinski definition) is 8. The summed E-state index contributed by atoms with van der Waals surface area (Å²) in [7, 11) is 1.40. The fourth-order valence-electron chi connectivity index (χ4n) is 4.20. The highest BCUT2D eigenvalue weighted by atomic mass is 32.1. The topological polar surface area (TPSA) is 128 Å². The minimum atomic E-state index is -0.937. The third-order valence-electron chi connectivity index (χ3n) is 6.25. The second kappa shape index (κ2) is 14.1. The van der Waals surface area contributed by atoms with Gasteiger partial charge in [-0.25, -0.2) is 9.18 Å². The minimum Gasteiger partial charge on any atom is -0.496 e. The second-order valence-electron chi connectivity index (χ2n) is 11.0. The average Bonchev–Trinajstić information content (AvgIpc) is 2.97. The van der Waals surface area contributed by atoms with Crippen LogP contribution in [0.15, 0.2) is 72.9 Å². The van der Waals surface area contributed by atoms with Gasteiger partial charge in [0.1, 0.15) is 23.1 Å². The predicted molar refractivity (Wildman–Crippen MR) is 172 cm³/mol. The Labute approximate surface area is 265 Å². The smallest absolute Gasteiger partial charge is 0.328 e. The Morgan fingerprint density at radius 2 is 1.71 bits per heavy atom. The number of aromatic nitrogens is 1. The van der Waals surface area contributed by atoms with Gasteiger partial charge >= 0.3 is 5.97 Å². The van der Waals surface area contributed by atoms with Crippen molar-refractivity contribution in [3.63, 3.8) is 0 Å². The Hall–Kier alpha value is -5.10. The van der Waals surface area contributed by atoms with Crippen molar-refractivity contribution in [2.75, 3.05) is 12.4 Å². The molecule has 0 radical (unpaired) electrons. The van der Waals surface area contributed by atoms with Gasteiger partial charge in [-0.05, 0) is 69.7 Å². The quantitative estimate of drug-likeness (QED) is 0.158. The lowest BCUT2D eigenvalue weighted by Gasteiger charge is -2.23. The number of benzene rings is 3. The van der Waals surface area contributed by atoms with Crippen LogP contribution in [-0.4, -0.2) is 46.6 Å². The zero-order valence-electron chi connectivity index (χ0n) is 25.4. The normalized spacial score (nSPS) is 11.7.